The lowest BCUT2D eigenvalue weighted by molar-refractivity contribution is 0.417. The molecule has 0 unspecified atom stereocenters. The maximum atomic E-state index is 8.74. The van der Waals surface area contributed by atoms with Crippen LogP contribution in [0, 0.1) is 11.3 Å². The van der Waals surface area contributed by atoms with Gasteiger partial charge in [0, 0.05) is 10.2 Å². The lowest BCUT2D eigenvalue weighted by Crippen LogP contribution is -1.94. The molecule has 0 fully saturated rings. The number of hydrogen-bond acceptors (Lipinski definition) is 3. The summed E-state index contributed by atoms with van der Waals surface area (Å²) in [5.74, 6) is 0.766. The standard InChI is InChI=1S/C14H11BrN2O/c1-18-14-7-4-11(15)8-13(14)17-12-5-2-10(9-16)3-6-12/h2-8,17H,1H3. The van der Waals surface area contributed by atoms with Gasteiger partial charge in [0.25, 0.3) is 0 Å². The van der Waals surface area contributed by atoms with Crippen molar-refractivity contribution < 1.29 is 4.74 Å². The summed E-state index contributed by atoms with van der Waals surface area (Å²) in [5.41, 5.74) is 2.42. The number of nitrogens with one attached hydrogen (secondary N) is 1. The van der Waals surface area contributed by atoms with Crippen LogP contribution in [0.2, 0.25) is 0 Å². The highest BCUT2D eigenvalue weighted by Gasteiger charge is 2.04. The maximum Gasteiger partial charge on any atom is 0.142 e. The van der Waals surface area contributed by atoms with Crippen LogP contribution in [-0.4, -0.2) is 7.11 Å². The molecule has 0 heterocycles. The minimum Gasteiger partial charge on any atom is -0.495 e. The number of ether oxygens (including phenoxy) is 1. The van der Waals surface area contributed by atoms with Crippen molar-refractivity contribution in [1.82, 2.24) is 0 Å². The minimum absolute atomic E-state index is 0.641. The van der Waals surface area contributed by atoms with Crippen molar-refractivity contribution in [2.75, 3.05) is 12.4 Å². The highest BCUT2D eigenvalue weighted by molar-refractivity contribution is 9.10. The highest BCUT2D eigenvalue weighted by Crippen LogP contribution is 2.30. The van der Waals surface area contributed by atoms with Gasteiger partial charge < -0.3 is 10.1 Å². The van der Waals surface area contributed by atoms with Gasteiger partial charge in [-0.05, 0) is 42.5 Å². The Bertz CT molecular complexity index is 588. The van der Waals surface area contributed by atoms with Crippen molar-refractivity contribution in [3.63, 3.8) is 0 Å². The first-order chi connectivity index (χ1) is 8.72. The summed E-state index contributed by atoms with van der Waals surface area (Å²) in [6.45, 7) is 0. The molecule has 2 aromatic rings. The Balaban J connectivity index is 2.27. The van der Waals surface area contributed by atoms with Crippen LogP contribution in [-0.2, 0) is 0 Å². The second-order valence-corrected chi connectivity index (χ2v) is 4.57. The fraction of sp³-hybridized carbons (Fsp3) is 0.0714. The molecule has 2 aromatic carbocycles. The number of anilines is 2. The largest absolute Gasteiger partial charge is 0.495 e. The molecule has 2 rings (SSSR count). The molecule has 0 aromatic heterocycles. The number of hydrogen-bond donors (Lipinski definition) is 1. The first-order valence-corrected chi connectivity index (χ1v) is 6.13. The molecule has 0 aliphatic heterocycles. The Kier molecular flexibility index (Phi) is 3.85. The molecule has 90 valence electrons. The molecule has 0 aliphatic carbocycles. The van der Waals surface area contributed by atoms with E-state index < -0.39 is 0 Å². The smallest absolute Gasteiger partial charge is 0.142 e. The SMILES string of the molecule is COc1ccc(Br)cc1Nc1ccc(C#N)cc1. The first-order valence-electron chi connectivity index (χ1n) is 5.33. The van der Waals surface area contributed by atoms with E-state index in [9.17, 15) is 0 Å². The first kappa shape index (κ1) is 12.5. The van der Waals surface area contributed by atoms with E-state index in [1.54, 1.807) is 19.2 Å². The molecule has 0 saturated carbocycles. The van der Waals surface area contributed by atoms with Gasteiger partial charge in [-0.3, -0.25) is 0 Å². The lowest BCUT2D eigenvalue weighted by atomic mass is 10.2. The van der Waals surface area contributed by atoms with Crippen LogP contribution in [0.25, 0.3) is 0 Å². The van der Waals surface area contributed by atoms with Gasteiger partial charge in [-0.2, -0.15) is 5.26 Å². The molecule has 18 heavy (non-hydrogen) atoms. The van der Waals surface area contributed by atoms with Gasteiger partial charge in [0.15, 0.2) is 0 Å². The van der Waals surface area contributed by atoms with Gasteiger partial charge in [-0.1, -0.05) is 15.9 Å². The summed E-state index contributed by atoms with van der Waals surface area (Å²) in [6, 6.07) is 15.1. The normalized spacial score (nSPS) is 9.61. The summed E-state index contributed by atoms with van der Waals surface area (Å²) in [5, 5.41) is 12.0. The molecule has 3 nitrogen and oxygen atoms in total. The predicted molar refractivity (Wildman–Crippen MR) is 75.1 cm³/mol. The van der Waals surface area contributed by atoms with Crippen LogP contribution in [0.3, 0.4) is 0 Å². The van der Waals surface area contributed by atoms with Crippen LogP contribution >= 0.6 is 15.9 Å². The summed E-state index contributed by atoms with van der Waals surface area (Å²) in [7, 11) is 1.63. The highest BCUT2D eigenvalue weighted by atomic mass is 79.9. The van der Waals surface area contributed by atoms with Crippen LogP contribution in [0.4, 0.5) is 11.4 Å². The van der Waals surface area contributed by atoms with E-state index in [4.69, 9.17) is 10.00 Å². The average Bonchev–Trinajstić information content (AvgIpc) is 2.40. The van der Waals surface area contributed by atoms with Crippen LogP contribution < -0.4 is 10.1 Å². The lowest BCUT2D eigenvalue weighted by Gasteiger charge is -2.11. The topological polar surface area (TPSA) is 45.0 Å². The third-order valence-corrected chi connectivity index (χ3v) is 2.95. The zero-order chi connectivity index (χ0) is 13.0. The maximum absolute atomic E-state index is 8.74. The minimum atomic E-state index is 0.641. The Hall–Kier alpha value is -1.99. The summed E-state index contributed by atoms with van der Waals surface area (Å²) >= 11 is 3.42. The van der Waals surface area contributed by atoms with Crippen LogP contribution in [0.15, 0.2) is 46.9 Å². The molecule has 1 N–H and O–H groups in total. The third kappa shape index (κ3) is 2.82. The quantitative estimate of drug-likeness (QED) is 0.929. The fourth-order valence-electron chi connectivity index (χ4n) is 1.56. The van der Waals surface area contributed by atoms with Gasteiger partial charge in [0.05, 0.1) is 24.4 Å². The van der Waals surface area contributed by atoms with Gasteiger partial charge in [-0.15, -0.1) is 0 Å². The molecule has 0 spiro atoms. The number of nitrogens with zero attached hydrogens (tertiary/aromatic N) is 1. The third-order valence-electron chi connectivity index (χ3n) is 2.45. The van der Waals surface area contributed by atoms with Crippen LogP contribution in [0.1, 0.15) is 5.56 Å². The second-order valence-electron chi connectivity index (χ2n) is 3.66. The van der Waals surface area contributed by atoms with Gasteiger partial charge in [0.2, 0.25) is 0 Å². The van der Waals surface area contributed by atoms with E-state index >= 15 is 0 Å². The molecule has 4 heteroatoms. The zero-order valence-corrected chi connectivity index (χ0v) is 11.4. The van der Waals surface area contributed by atoms with E-state index in [1.807, 2.05) is 30.3 Å². The zero-order valence-electron chi connectivity index (χ0n) is 9.77. The molecular formula is C14H11BrN2O. The molecule has 0 atom stereocenters. The summed E-state index contributed by atoms with van der Waals surface area (Å²) in [6.07, 6.45) is 0. The van der Waals surface area contributed by atoms with Crippen LogP contribution in [0.5, 0.6) is 5.75 Å². The molecule has 0 amide bonds. The van der Waals surface area contributed by atoms with E-state index in [2.05, 4.69) is 27.3 Å². The fourth-order valence-corrected chi connectivity index (χ4v) is 1.92. The molecule has 0 radical (unpaired) electrons. The van der Waals surface area contributed by atoms with Crippen molar-refractivity contribution in [2.45, 2.75) is 0 Å². The van der Waals surface area contributed by atoms with Crippen molar-refractivity contribution in [3.8, 4) is 11.8 Å². The van der Waals surface area contributed by atoms with Crippen molar-refractivity contribution >= 4 is 27.3 Å². The molecular weight excluding hydrogens is 292 g/mol. The Morgan fingerprint density at radius 2 is 1.89 bits per heavy atom. The predicted octanol–water partition coefficient (Wildman–Crippen LogP) is 4.07. The number of rotatable bonds is 3. The number of benzene rings is 2. The average molecular weight is 303 g/mol. The van der Waals surface area contributed by atoms with E-state index in [0.717, 1.165) is 21.6 Å². The van der Waals surface area contributed by atoms with E-state index in [-0.39, 0.29) is 0 Å². The summed E-state index contributed by atoms with van der Waals surface area (Å²) in [4.78, 5) is 0. The monoisotopic (exact) mass is 302 g/mol. The Labute approximate surface area is 114 Å². The number of nitriles is 1. The Morgan fingerprint density at radius 3 is 2.50 bits per heavy atom. The van der Waals surface area contributed by atoms with Crippen molar-refractivity contribution in [3.05, 3.63) is 52.5 Å². The van der Waals surface area contributed by atoms with E-state index in [0.29, 0.717) is 5.56 Å². The van der Waals surface area contributed by atoms with Gasteiger partial charge in [-0.25, -0.2) is 0 Å². The van der Waals surface area contributed by atoms with Crippen molar-refractivity contribution in [2.24, 2.45) is 0 Å². The number of methoxy groups -OCH3 is 1. The second kappa shape index (κ2) is 5.56. The Morgan fingerprint density at radius 1 is 1.17 bits per heavy atom. The van der Waals surface area contributed by atoms with E-state index in [1.165, 1.54) is 0 Å². The summed E-state index contributed by atoms with van der Waals surface area (Å²) < 4.78 is 6.25. The molecule has 0 aliphatic rings. The molecule has 0 saturated heterocycles. The van der Waals surface area contributed by atoms with Crippen molar-refractivity contribution in [1.29, 1.82) is 5.26 Å². The van der Waals surface area contributed by atoms with Gasteiger partial charge in [0.1, 0.15) is 5.75 Å². The number of halogens is 1. The van der Waals surface area contributed by atoms with Gasteiger partial charge >= 0.3 is 0 Å². The molecule has 0 bridgehead atoms.